The zero-order chi connectivity index (χ0) is 19.8. The van der Waals surface area contributed by atoms with Crippen LogP contribution in [0.4, 0.5) is 0 Å². The lowest BCUT2D eigenvalue weighted by molar-refractivity contribution is -0.148. The van der Waals surface area contributed by atoms with E-state index in [2.05, 4.69) is 14.8 Å². The largest absolute Gasteiger partial charge is 0.464 e. The predicted octanol–water partition coefficient (Wildman–Crippen LogP) is -0.281. The number of hydrogen-bond donors (Lipinski definition) is 1. The molecule has 0 aromatic rings. The molecule has 0 spiro atoms. The van der Waals surface area contributed by atoms with Crippen molar-refractivity contribution in [3.05, 3.63) is 5.53 Å². The minimum absolute atomic E-state index is 0.330. The van der Waals surface area contributed by atoms with E-state index in [1.54, 1.807) is 0 Å². The number of esters is 1. The molecule has 0 fully saturated rings. The minimum atomic E-state index is -3.28. The van der Waals surface area contributed by atoms with Crippen LogP contribution in [0.2, 0.25) is 0 Å². The molecule has 8 heteroatoms. The predicted molar refractivity (Wildman–Crippen MR) is 69.0 cm³/mol. The fourth-order valence-corrected chi connectivity index (χ4v) is 1.18. The Labute approximate surface area is 124 Å². The van der Waals surface area contributed by atoms with Crippen LogP contribution in [0, 0.1) is 0 Å². The summed E-state index contributed by atoms with van der Waals surface area (Å²) < 4.78 is 44.7. The Morgan fingerprint density at radius 1 is 1.55 bits per heavy atom. The van der Waals surface area contributed by atoms with Crippen molar-refractivity contribution in [3.63, 3.8) is 0 Å². The van der Waals surface area contributed by atoms with Crippen molar-refractivity contribution in [1.82, 2.24) is 5.32 Å². The van der Waals surface area contributed by atoms with E-state index in [-0.39, 0.29) is 12.8 Å². The maximum atomic E-state index is 12.1. The molecule has 0 unspecified atom stereocenters. The molecule has 0 aliphatic carbocycles. The first-order valence-corrected chi connectivity index (χ1v) is 5.62. The van der Waals surface area contributed by atoms with Crippen LogP contribution in [-0.2, 0) is 23.9 Å². The first kappa shape index (κ1) is 10.7. The second-order valence-corrected chi connectivity index (χ2v) is 3.71. The molecule has 20 heavy (non-hydrogen) atoms. The van der Waals surface area contributed by atoms with Crippen molar-refractivity contribution in [2.24, 2.45) is 0 Å². The highest BCUT2D eigenvalue weighted by Gasteiger charge is 2.25. The molecular weight excluding hydrogens is 266 g/mol. The number of nitrogens with one attached hydrogen (secondary N) is 1. The summed E-state index contributed by atoms with van der Waals surface area (Å²) in [6.07, 6.45) is -1.04. The highest BCUT2D eigenvalue weighted by molar-refractivity contribution is 6.25. The Kier molecular flexibility index (Phi) is 5.26. The third-order valence-electron chi connectivity index (χ3n) is 2.36. The average molecular weight is 290 g/mol. The van der Waals surface area contributed by atoms with Crippen LogP contribution in [0.5, 0.6) is 0 Å². The van der Waals surface area contributed by atoms with E-state index in [0.717, 1.165) is 0 Å². The van der Waals surface area contributed by atoms with Gasteiger partial charge in [0.25, 0.3) is 0 Å². The van der Waals surface area contributed by atoms with E-state index in [9.17, 15) is 14.4 Å². The van der Waals surface area contributed by atoms with Gasteiger partial charge in [0.2, 0.25) is 11.7 Å². The molecule has 0 aromatic heterocycles. The van der Waals surface area contributed by atoms with Crippen LogP contribution >= 0.6 is 0 Å². The molecule has 0 aliphatic heterocycles. The Bertz CT molecular complexity index is 560. The van der Waals surface area contributed by atoms with E-state index in [4.69, 9.17) is 17.1 Å². The first-order chi connectivity index (χ1) is 11.4. The molecule has 0 bridgehead atoms. The molecule has 1 N–H and O–H groups in total. The zero-order valence-corrected chi connectivity index (χ0v) is 11.1. The molecule has 0 aliphatic rings. The molecule has 0 saturated carbocycles. The van der Waals surface area contributed by atoms with Gasteiger partial charge in [0.1, 0.15) is 12.1 Å². The van der Waals surface area contributed by atoms with Gasteiger partial charge in [0.15, 0.2) is 0 Å². The Balaban J connectivity index is 5.21. The number of carbonyl (C=O) groups is 3. The van der Waals surface area contributed by atoms with Gasteiger partial charge >= 0.3 is 12.2 Å². The molecule has 1 amide bonds. The SMILES string of the molecule is [2H]C([2H])([2H])C([2H])([2H])OC(=O)[C@H](CCC(=O)C=[N+]=[N-])NC(=O)[C@H](C)OC. The van der Waals surface area contributed by atoms with Gasteiger partial charge in [-0.3, -0.25) is 9.59 Å². The molecule has 0 saturated heterocycles. The molecule has 8 nitrogen and oxygen atoms in total. The third kappa shape index (κ3) is 6.77. The van der Waals surface area contributed by atoms with Crippen molar-refractivity contribution < 1.29 is 35.5 Å². The summed E-state index contributed by atoms with van der Waals surface area (Å²) in [5, 5.41) is 2.19. The van der Waals surface area contributed by atoms with Gasteiger partial charge in [-0.15, -0.1) is 0 Å². The molecule has 0 aromatic carbocycles. The second kappa shape index (κ2) is 9.82. The topological polar surface area (TPSA) is 118 Å². The lowest BCUT2D eigenvalue weighted by atomic mass is 10.1. The summed E-state index contributed by atoms with van der Waals surface area (Å²) in [4.78, 5) is 37.7. The molecule has 0 rings (SSSR count). The van der Waals surface area contributed by atoms with Gasteiger partial charge in [-0.25, -0.2) is 4.79 Å². The lowest BCUT2D eigenvalue weighted by Gasteiger charge is -2.18. The van der Waals surface area contributed by atoms with Gasteiger partial charge in [-0.2, -0.15) is 4.79 Å². The Morgan fingerprint density at radius 3 is 2.80 bits per heavy atom. The smallest absolute Gasteiger partial charge is 0.328 e. The molecule has 112 valence electrons. The van der Waals surface area contributed by atoms with E-state index in [1.807, 2.05) is 0 Å². The van der Waals surface area contributed by atoms with Crippen LogP contribution in [0.15, 0.2) is 0 Å². The van der Waals surface area contributed by atoms with Gasteiger partial charge in [0, 0.05) is 17.6 Å². The number of hydrogen-bond acceptors (Lipinski definition) is 5. The second-order valence-electron chi connectivity index (χ2n) is 3.71. The number of amides is 1. The molecule has 2 atom stereocenters. The summed E-state index contributed by atoms with van der Waals surface area (Å²) in [5.74, 6) is -2.79. The van der Waals surface area contributed by atoms with Crippen molar-refractivity contribution in [2.75, 3.05) is 13.7 Å². The van der Waals surface area contributed by atoms with Crippen LogP contribution in [0.3, 0.4) is 0 Å². The summed E-state index contributed by atoms with van der Waals surface area (Å²) in [6.45, 7) is -5.14. The van der Waals surface area contributed by atoms with Crippen molar-refractivity contribution in [3.8, 4) is 0 Å². The Morgan fingerprint density at radius 2 is 2.25 bits per heavy atom. The number of carbonyl (C=O) groups excluding carboxylic acids is 3. The highest BCUT2D eigenvalue weighted by atomic mass is 16.5. The highest BCUT2D eigenvalue weighted by Crippen LogP contribution is 2.02. The van der Waals surface area contributed by atoms with Crippen LogP contribution in [0.1, 0.15) is 33.5 Å². The zero-order valence-electron chi connectivity index (χ0n) is 16.1. The fraction of sp³-hybridized carbons (Fsp3) is 0.667. The number of methoxy groups -OCH3 is 1. The van der Waals surface area contributed by atoms with Crippen molar-refractivity contribution in [2.45, 2.75) is 38.8 Å². The first-order valence-electron chi connectivity index (χ1n) is 8.12. The van der Waals surface area contributed by atoms with Gasteiger partial charge in [0.05, 0.1) is 9.30 Å². The van der Waals surface area contributed by atoms with E-state index in [0.29, 0.717) is 6.21 Å². The standard InChI is InChI=1S/C12H19N3O5/c1-4-20-12(18)10(6-5-9(16)7-14-13)15-11(17)8(2)19-3/h7-8,10H,4-6H2,1-3H3,(H,15,17)/t8-,10-/m0/s1/i1D3,4D2. The number of ketones is 1. The van der Waals surface area contributed by atoms with Crippen LogP contribution < -0.4 is 5.32 Å². The monoisotopic (exact) mass is 290 g/mol. The summed E-state index contributed by atoms with van der Waals surface area (Å²) >= 11 is 0. The quantitative estimate of drug-likeness (QED) is 0.271. The molecular formula is C12H19N3O5. The van der Waals surface area contributed by atoms with Gasteiger partial charge < -0.3 is 20.3 Å². The van der Waals surface area contributed by atoms with E-state index >= 15 is 0 Å². The number of nitrogens with zero attached hydrogens (tertiary/aromatic N) is 2. The number of rotatable bonds is 9. The van der Waals surface area contributed by atoms with Gasteiger partial charge in [-0.05, 0) is 20.2 Å². The van der Waals surface area contributed by atoms with Crippen LogP contribution in [0.25, 0.3) is 5.53 Å². The third-order valence-corrected chi connectivity index (χ3v) is 2.36. The normalized spacial score (nSPS) is 17.8. The fourth-order valence-electron chi connectivity index (χ4n) is 1.18. The lowest BCUT2D eigenvalue weighted by Crippen LogP contribution is -2.46. The van der Waals surface area contributed by atoms with Gasteiger partial charge in [-0.1, -0.05) is 0 Å². The summed E-state index contributed by atoms with van der Waals surface area (Å²) in [5.41, 5.74) is 8.26. The minimum Gasteiger partial charge on any atom is -0.464 e. The van der Waals surface area contributed by atoms with Crippen LogP contribution in [-0.4, -0.2) is 54.5 Å². The maximum Gasteiger partial charge on any atom is 0.328 e. The van der Waals surface area contributed by atoms with E-state index in [1.165, 1.54) is 14.0 Å². The number of Topliss-reactive ketones (excluding diaryl/α,β-unsaturated/α-hetero) is 1. The Hall–Kier alpha value is -2.05. The summed E-state index contributed by atoms with van der Waals surface area (Å²) in [6, 6.07) is -1.50. The average Bonchev–Trinajstić information content (AvgIpc) is 2.48. The maximum absolute atomic E-state index is 12.1. The molecule has 0 heterocycles. The molecule has 0 radical (unpaired) electrons. The summed E-state index contributed by atoms with van der Waals surface area (Å²) in [7, 11) is 1.24. The van der Waals surface area contributed by atoms with Crippen molar-refractivity contribution in [1.29, 1.82) is 0 Å². The van der Waals surface area contributed by atoms with Crippen molar-refractivity contribution >= 4 is 23.9 Å². The van der Waals surface area contributed by atoms with E-state index < -0.39 is 43.2 Å². The number of ether oxygens (including phenoxy) is 2.